The molecule has 0 fully saturated rings. The molecule has 0 aromatic heterocycles. The molecule has 0 amide bonds. The molecular weight excluding hydrogens is 342 g/mol. The molecule has 0 spiro atoms. The molecule has 1 N–H and O–H groups in total. The number of alkyl halides is 8. The van der Waals surface area contributed by atoms with Crippen molar-refractivity contribution in [1.82, 2.24) is 0 Å². The van der Waals surface area contributed by atoms with Gasteiger partial charge in [0, 0.05) is 0 Å². The minimum atomic E-state index is -7.02. The zero-order chi connectivity index (χ0) is 16.7. The lowest BCUT2D eigenvalue weighted by molar-refractivity contribution is -0.194. The molecule has 0 aliphatic carbocycles. The molecule has 3 nitrogen and oxygen atoms in total. The lowest BCUT2D eigenvalue weighted by atomic mass is 10.1. The van der Waals surface area contributed by atoms with Gasteiger partial charge in [0.15, 0.2) is 5.83 Å². The van der Waals surface area contributed by atoms with Crippen LogP contribution in [0.25, 0.3) is 0 Å². The molecule has 0 aliphatic heterocycles. The Bertz CT molecular complexity index is 504. The summed E-state index contributed by atoms with van der Waals surface area (Å²) in [5.41, 5.74) is 0. The largest absolute Gasteiger partial charge is 0.445 e. The smallest absolute Gasteiger partial charge is 0.281 e. The highest BCUT2D eigenvalue weighted by Crippen LogP contribution is 2.46. The summed E-state index contributed by atoms with van der Waals surface area (Å²) in [4.78, 5) is 0. The third-order valence-electron chi connectivity index (χ3n) is 1.71. The molecule has 14 heteroatoms. The molecule has 0 radical (unpaired) electrons. The molecule has 0 saturated carbocycles. The molecular formula is C6H2F10O3S. The van der Waals surface area contributed by atoms with Crippen LogP contribution < -0.4 is 0 Å². The highest BCUT2D eigenvalue weighted by molar-refractivity contribution is 7.87. The van der Waals surface area contributed by atoms with E-state index in [9.17, 15) is 52.3 Å². The quantitative estimate of drug-likeness (QED) is 0.630. The molecule has 0 rings (SSSR count). The lowest BCUT2D eigenvalue weighted by Crippen LogP contribution is -2.53. The summed E-state index contributed by atoms with van der Waals surface area (Å²) in [5, 5.41) is -6.69. The third-order valence-corrected chi connectivity index (χ3v) is 2.63. The van der Waals surface area contributed by atoms with E-state index in [1.165, 1.54) is 0 Å². The van der Waals surface area contributed by atoms with Gasteiger partial charge in [0.2, 0.25) is 12.0 Å². The van der Waals surface area contributed by atoms with Gasteiger partial charge in [-0.1, -0.05) is 0 Å². The van der Waals surface area contributed by atoms with Crippen LogP contribution >= 0.6 is 0 Å². The van der Waals surface area contributed by atoms with Crippen molar-refractivity contribution < 1.29 is 56.9 Å². The topological polar surface area (TPSA) is 54.4 Å². The van der Waals surface area contributed by atoms with E-state index in [0.717, 1.165) is 0 Å². The van der Waals surface area contributed by atoms with Crippen LogP contribution in [0.1, 0.15) is 0 Å². The van der Waals surface area contributed by atoms with Gasteiger partial charge in [0.05, 0.1) is 0 Å². The van der Waals surface area contributed by atoms with Crippen LogP contribution in [0.3, 0.4) is 0 Å². The molecule has 20 heavy (non-hydrogen) atoms. The first-order valence-electron chi connectivity index (χ1n) is 3.97. The van der Waals surface area contributed by atoms with E-state index in [2.05, 4.69) is 0 Å². The molecule has 1 unspecified atom stereocenters. The molecule has 120 valence electrons. The number of allylic oxidation sites excluding steroid dienone is 2. The van der Waals surface area contributed by atoms with Crippen LogP contribution in [0.2, 0.25) is 0 Å². The zero-order valence-corrected chi connectivity index (χ0v) is 9.35. The predicted molar refractivity (Wildman–Crippen MR) is 41.6 cm³/mol. The van der Waals surface area contributed by atoms with Crippen LogP contribution in [0.15, 0.2) is 11.7 Å². The maximum absolute atomic E-state index is 12.6. The standard InChI is InChI=1S/C6H2F10O3S/c7-1(3(9)5(12,13)14)2(8)4(10,11)6(15,16)20(17,18)19/h2H,(H,17,18,19). The second-order valence-corrected chi connectivity index (χ2v) is 4.60. The van der Waals surface area contributed by atoms with E-state index in [1.54, 1.807) is 0 Å². The lowest BCUT2D eigenvalue weighted by Gasteiger charge is -2.26. The van der Waals surface area contributed by atoms with E-state index in [-0.39, 0.29) is 0 Å². The maximum Gasteiger partial charge on any atom is 0.445 e. The van der Waals surface area contributed by atoms with Gasteiger partial charge in [0.25, 0.3) is 0 Å². The minimum Gasteiger partial charge on any atom is -0.281 e. The second-order valence-electron chi connectivity index (χ2n) is 3.14. The van der Waals surface area contributed by atoms with Gasteiger partial charge >= 0.3 is 27.5 Å². The predicted octanol–water partition coefficient (Wildman–Crippen LogP) is 3.15. The highest BCUT2D eigenvalue weighted by atomic mass is 32.2. The van der Waals surface area contributed by atoms with Gasteiger partial charge in [0.1, 0.15) is 0 Å². The maximum atomic E-state index is 12.6. The van der Waals surface area contributed by atoms with E-state index in [4.69, 9.17) is 4.55 Å². The molecule has 0 bridgehead atoms. The van der Waals surface area contributed by atoms with Gasteiger partial charge in [-0.25, -0.2) is 8.78 Å². The second kappa shape index (κ2) is 5.05. The molecule has 0 aromatic rings. The van der Waals surface area contributed by atoms with Gasteiger partial charge in [-0.15, -0.1) is 0 Å². The van der Waals surface area contributed by atoms with Crippen LogP contribution in [-0.2, 0) is 10.1 Å². The number of halogens is 10. The van der Waals surface area contributed by atoms with Crippen molar-refractivity contribution in [1.29, 1.82) is 0 Å². The van der Waals surface area contributed by atoms with Crippen molar-refractivity contribution in [2.75, 3.05) is 0 Å². The van der Waals surface area contributed by atoms with Gasteiger partial charge in [-0.3, -0.25) is 4.55 Å². The fourth-order valence-electron chi connectivity index (χ4n) is 0.725. The van der Waals surface area contributed by atoms with Crippen molar-refractivity contribution in [3.63, 3.8) is 0 Å². The number of hydrogen-bond donors (Lipinski definition) is 1. The van der Waals surface area contributed by atoms with Crippen LogP contribution in [0.4, 0.5) is 43.9 Å². The summed E-state index contributed by atoms with van der Waals surface area (Å²) in [6, 6.07) is 0. The van der Waals surface area contributed by atoms with E-state index in [1.807, 2.05) is 0 Å². The Labute approximate surface area is 103 Å². The van der Waals surface area contributed by atoms with E-state index >= 15 is 0 Å². The van der Waals surface area contributed by atoms with Crippen LogP contribution in [0.5, 0.6) is 0 Å². The van der Waals surface area contributed by atoms with Crippen molar-refractivity contribution in [2.45, 2.75) is 23.5 Å². The van der Waals surface area contributed by atoms with Crippen molar-refractivity contribution in [2.24, 2.45) is 0 Å². The Morgan fingerprint density at radius 3 is 1.55 bits per heavy atom. The summed E-state index contributed by atoms with van der Waals surface area (Å²) in [5.74, 6) is -14.8. The first-order chi connectivity index (χ1) is 8.48. The Hall–Kier alpha value is -1.05. The Kier molecular flexibility index (Phi) is 4.79. The van der Waals surface area contributed by atoms with Gasteiger partial charge in [-0.05, 0) is 0 Å². The number of rotatable bonds is 4. The minimum absolute atomic E-state index is 3.99. The first kappa shape index (κ1) is 18.9. The van der Waals surface area contributed by atoms with Crippen molar-refractivity contribution in [3.05, 3.63) is 11.7 Å². The molecule has 0 saturated heterocycles. The highest BCUT2D eigenvalue weighted by Gasteiger charge is 2.71. The van der Waals surface area contributed by atoms with Crippen molar-refractivity contribution in [3.8, 4) is 0 Å². The fourth-order valence-corrected chi connectivity index (χ4v) is 1.17. The SMILES string of the molecule is O=S(=O)(O)C(F)(F)C(F)(F)C(F)C(F)=C(F)C(F)(F)F. The van der Waals surface area contributed by atoms with Crippen LogP contribution in [0, 0.1) is 0 Å². The summed E-state index contributed by atoms with van der Waals surface area (Å²) in [7, 11) is -7.02. The Morgan fingerprint density at radius 2 is 1.30 bits per heavy atom. The fraction of sp³-hybridized carbons (Fsp3) is 0.667. The Balaban J connectivity index is 5.90. The summed E-state index contributed by atoms with van der Waals surface area (Å²) in [6.45, 7) is 0. The Morgan fingerprint density at radius 1 is 0.950 bits per heavy atom. The molecule has 0 aliphatic rings. The van der Waals surface area contributed by atoms with Gasteiger partial charge in [-0.2, -0.15) is 43.5 Å². The van der Waals surface area contributed by atoms with E-state index in [0.29, 0.717) is 0 Å². The third kappa shape index (κ3) is 3.16. The number of hydrogen-bond acceptors (Lipinski definition) is 2. The normalized spacial score (nSPS) is 17.8. The zero-order valence-electron chi connectivity index (χ0n) is 8.53. The van der Waals surface area contributed by atoms with Crippen molar-refractivity contribution >= 4 is 10.1 Å². The summed E-state index contributed by atoms with van der Waals surface area (Å²) < 4.78 is 149. The van der Waals surface area contributed by atoms with Crippen LogP contribution in [-0.4, -0.2) is 36.5 Å². The van der Waals surface area contributed by atoms with E-state index < -0.39 is 45.3 Å². The van der Waals surface area contributed by atoms with Gasteiger partial charge < -0.3 is 0 Å². The summed E-state index contributed by atoms with van der Waals surface area (Å²) >= 11 is 0. The molecule has 1 atom stereocenters. The average molecular weight is 344 g/mol. The first-order valence-corrected chi connectivity index (χ1v) is 5.41. The summed E-state index contributed by atoms with van der Waals surface area (Å²) in [6.07, 6.45) is -11.6. The molecule has 0 aromatic carbocycles. The average Bonchev–Trinajstić information content (AvgIpc) is 2.22. The molecule has 0 heterocycles. The monoisotopic (exact) mass is 344 g/mol.